The number of aromatic hydroxyl groups is 1. The average molecular weight is 168 g/mol. The van der Waals surface area contributed by atoms with Crippen molar-refractivity contribution in [3.8, 4) is 11.5 Å². The van der Waals surface area contributed by atoms with E-state index in [0.29, 0.717) is 18.0 Å². The van der Waals surface area contributed by atoms with Gasteiger partial charge >= 0.3 is 0 Å². The summed E-state index contributed by atoms with van der Waals surface area (Å²) in [5.74, 6) is 5.94. The van der Waals surface area contributed by atoms with Crippen molar-refractivity contribution in [2.75, 3.05) is 12.0 Å². The first-order valence-electron chi connectivity index (χ1n) is 3.70. The van der Waals surface area contributed by atoms with Crippen molar-refractivity contribution in [2.24, 2.45) is 5.84 Å². The Labute approximate surface area is 70.9 Å². The number of nitrogens with one attached hydrogen (secondary N) is 1. The summed E-state index contributed by atoms with van der Waals surface area (Å²) < 4.78 is 5.21. The molecular formula is C8H12N2O2. The number of nitrogens with two attached hydrogens (primary N) is 1. The van der Waals surface area contributed by atoms with Gasteiger partial charge < -0.3 is 15.3 Å². The van der Waals surface area contributed by atoms with Gasteiger partial charge in [-0.2, -0.15) is 0 Å². The predicted octanol–water partition coefficient (Wildman–Crippen LogP) is 1.08. The lowest BCUT2D eigenvalue weighted by molar-refractivity contribution is 0.339. The number of ether oxygens (including phenoxy) is 1. The second-order valence-electron chi connectivity index (χ2n) is 2.26. The van der Waals surface area contributed by atoms with Gasteiger partial charge in [0.25, 0.3) is 0 Å². The molecule has 0 saturated carbocycles. The van der Waals surface area contributed by atoms with Crippen molar-refractivity contribution < 1.29 is 9.84 Å². The molecule has 0 fully saturated rings. The minimum atomic E-state index is 0.164. The monoisotopic (exact) mass is 168 g/mol. The van der Waals surface area contributed by atoms with Crippen molar-refractivity contribution in [3.63, 3.8) is 0 Å². The third-order valence-corrected chi connectivity index (χ3v) is 1.42. The first-order chi connectivity index (χ1) is 5.77. The molecule has 66 valence electrons. The normalized spacial score (nSPS) is 9.50. The molecule has 0 radical (unpaired) electrons. The van der Waals surface area contributed by atoms with Gasteiger partial charge in [-0.05, 0) is 19.1 Å². The van der Waals surface area contributed by atoms with E-state index in [2.05, 4.69) is 5.43 Å². The van der Waals surface area contributed by atoms with Gasteiger partial charge in [0.2, 0.25) is 0 Å². The molecule has 4 heteroatoms. The number of hydrogen-bond donors (Lipinski definition) is 3. The van der Waals surface area contributed by atoms with E-state index >= 15 is 0 Å². The van der Waals surface area contributed by atoms with E-state index in [9.17, 15) is 0 Å². The first kappa shape index (κ1) is 8.67. The third kappa shape index (κ3) is 1.79. The fourth-order valence-corrected chi connectivity index (χ4v) is 0.905. The molecule has 0 saturated heterocycles. The summed E-state index contributed by atoms with van der Waals surface area (Å²) in [6, 6.07) is 4.71. The maximum Gasteiger partial charge on any atom is 0.147 e. The maximum absolute atomic E-state index is 9.11. The summed E-state index contributed by atoms with van der Waals surface area (Å²) in [4.78, 5) is 0. The Hall–Kier alpha value is -1.42. The Morgan fingerprint density at radius 2 is 2.33 bits per heavy atom. The van der Waals surface area contributed by atoms with E-state index in [4.69, 9.17) is 15.7 Å². The van der Waals surface area contributed by atoms with Gasteiger partial charge in [0.15, 0.2) is 0 Å². The summed E-state index contributed by atoms with van der Waals surface area (Å²) in [6.45, 7) is 2.41. The molecule has 1 aromatic rings. The van der Waals surface area contributed by atoms with E-state index in [1.165, 1.54) is 12.1 Å². The van der Waals surface area contributed by atoms with E-state index < -0.39 is 0 Å². The highest BCUT2D eigenvalue weighted by Gasteiger charge is 2.01. The fraction of sp³-hybridized carbons (Fsp3) is 0.250. The van der Waals surface area contributed by atoms with Crippen LogP contribution in [0.2, 0.25) is 0 Å². The Bertz CT molecular complexity index is 263. The molecule has 0 atom stereocenters. The predicted molar refractivity (Wildman–Crippen MR) is 47.1 cm³/mol. The molecule has 4 N–H and O–H groups in total. The molecule has 1 rings (SSSR count). The van der Waals surface area contributed by atoms with Gasteiger partial charge in [-0.1, -0.05) is 0 Å². The smallest absolute Gasteiger partial charge is 0.147 e. The SMILES string of the molecule is CCOc1cc(O)ccc1NN. The highest BCUT2D eigenvalue weighted by Crippen LogP contribution is 2.27. The number of hydrazine groups is 1. The van der Waals surface area contributed by atoms with E-state index in [0.717, 1.165) is 0 Å². The number of benzene rings is 1. The van der Waals surface area contributed by atoms with Crippen LogP contribution < -0.4 is 16.0 Å². The van der Waals surface area contributed by atoms with Crippen molar-refractivity contribution in [1.29, 1.82) is 0 Å². The van der Waals surface area contributed by atoms with Crippen LogP contribution in [0.4, 0.5) is 5.69 Å². The zero-order chi connectivity index (χ0) is 8.97. The summed E-state index contributed by atoms with van der Waals surface area (Å²) in [5, 5.41) is 9.11. The molecular weight excluding hydrogens is 156 g/mol. The van der Waals surface area contributed by atoms with Crippen LogP contribution in [0, 0.1) is 0 Å². The molecule has 12 heavy (non-hydrogen) atoms. The summed E-state index contributed by atoms with van der Waals surface area (Å²) in [5.41, 5.74) is 3.13. The second-order valence-corrected chi connectivity index (χ2v) is 2.26. The number of phenolic OH excluding ortho intramolecular Hbond substituents is 1. The molecule has 0 aliphatic rings. The average Bonchev–Trinajstić information content (AvgIpc) is 2.05. The lowest BCUT2D eigenvalue weighted by atomic mass is 10.3. The minimum Gasteiger partial charge on any atom is -0.508 e. The van der Waals surface area contributed by atoms with Gasteiger partial charge in [-0.15, -0.1) is 0 Å². The van der Waals surface area contributed by atoms with Gasteiger partial charge in [0, 0.05) is 6.07 Å². The van der Waals surface area contributed by atoms with Gasteiger partial charge in [-0.25, -0.2) is 0 Å². The lowest BCUT2D eigenvalue weighted by Crippen LogP contribution is -2.08. The minimum absolute atomic E-state index is 0.164. The van der Waals surface area contributed by atoms with Crippen LogP contribution in [0.1, 0.15) is 6.92 Å². The molecule has 1 aromatic carbocycles. The number of hydrogen-bond acceptors (Lipinski definition) is 4. The number of rotatable bonds is 3. The van der Waals surface area contributed by atoms with Crippen molar-refractivity contribution in [2.45, 2.75) is 6.92 Å². The largest absolute Gasteiger partial charge is 0.508 e. The van der Waals surface area contributed by atoms with Crippen molar-refractivity contribution in [1.82, 2.24) is 0 Å². The molecule has 4 nitrogen and oxygen atoms in total. The highest BCUT2D eigenvalue weighted by atomic mass is 16.5. The molecule has 0 amide bonds. The molecule has 0 unspecified atom stereocenters. The zero-order valence-corrected chi connectivity index (χ0v) is 6.87. The molecule has 0 aliphatic carbocycles. The fourth-order valence-electron chi connectivity index (χ4n) is 0.905. The van der Waals surface area contributed by atoms with Crippen molar-refractivity contribution >= 4 is 5.69 Å². The summed E-state index contributed by atoms with van der Waals surface area (Å²) in [6.07, 6.45) is 0. The molecule has 0 aromatic heterocycles. The molecule has 0 aliphatic heterocycles. The summed E-state index contributed by atoms with van der Waals surface area (Å²) in [7, 11) is 0. The van der Waals surface area contributed by atoms with E-state index in [-0.39, 0.29) is 5.75 Å². The van der Waals surface area contributed by atoms with Crippen LogP contribution >= 0.6 is 0 Å². The lowest BCUT2D eigenvalue weighted by Gasteiger charge is -2.08. The Balaban J connectivity index is 2.95. The number of nitrogen functional groups attached to an aromatic ring is 1. The van der Waals surface area contributed by atoms with Crippen LogP contribution in [-0.4, -0.2) is 11.7 Å². The molecule has 0 bridgehead atoms. The van der Waals surface area contributed by atoms with Gasteiger partial charge in [0.05, 0.1) is 12.3 Å². The molecule has 0 heterocycles. The molecule has 0 spiro atoms. The van der Waals surface area contributed by atoms with E-state index in [1.807, 2.05) is 6.92 Å². The van der Waals surface area contributed by atoms with Crippen LogP contribution in [0.25, 0.3) is 0 Å². The van der Waals surface area contributed by atoms with Crippen LogP contribution in [0.5, 0.6) is 11.5 Å². The van der Waals surface area contributed by atoms with Gasteiger partial charge in [0.1, 0.15) is 11.5 Å². The Morgan fingerprint density at radius 3 is 2.92 bits per heavy atom. The quantitative estimate of drug-likeness (QED) is 0.359. The number of anilines is 1. The standard InChI is InChI=1S/C8H12N2O2/c1-2-12-8-5-6(11)3-4-7(8)10-9/h3-5,10-11H,2,9H2,1H3. The second kappa shape index (κ2) is 3.82. The number of phenols is 1. The maximum atomic E-state index is 9.11. The summed E-state index contributed by atoms with van der Waals surface area (Å²) >= 11 is 0. The van der Waals surface area contributed by atoms with Crippen LogP contribution in [0.15, 0.2) is 18.2 Å². The van der Waals surface area contributed by atoms with Crippen molar-refractivity contribution in [3.05, 3.63) is 18.2 Å². The third-order valence-electron chi connectivity index (χ3n) is 1.42. The Morgan fingerprint density at radius 1 is 1.58 bits per heavy atom. The first-order valence-corrected chi connectivity index (χ1v) is 3.70. The topological polar surface area (TPSA) is 67.5 Å². The van der Waals surface area contributed by atoms with Crippen LogP contribution in [0.3, 0.4) is 0 Å². The highest BCUT2D eigenvalue weighted by molar-refractivity contribution is 5.58. The Kier molecular flexibility index (Phi) is 2.76. The van der Waals surface area contributed by atoms with E-state index in [1.54, 1.807) is 6.07 Å². The zero-order valence-electron chi connectivity index (χ0n) is 6.87. The van der Waals surface area contributed by atoms with Gasteiger partial charge in [-0.3, -0.25) is 5.84 Å². The van der Waals surface area contributed by atoms with Crippen LogP contribution in [-0.2, 0) is 0 Å².